The van der Waals surface area contributed by atoms with E-state index >= 15 is 0 Å². The molecule has 3 heterocycles. The molecule has 28 heavy (non-hydrogen) atoms. The topological polar surface area (TPSA) is 142 Å². The van der Waals surface area contributed by atoms with Crippen molar-refractivity contribution >= 4 is 38.3 Å². The second-order valence-corrected chi connectivity index (χ2v) is 7.40. The number of nitriles is 1. The molecule has 3 rings (SSSR count). The molecule has 0 bridgehead atoms. The van der Waals surface area contributed by atoms with Crippen molar-refractivity contribution in [3.8, 4) is 6.07 Å². The summed E-state index contributed by atoms with van der Waals surface area (Å²) in [4.78, 5) is 30.6. The van der Waals surface area contributed by atoms with Crippen LogP contribution in [-0.2, 0) is 19.4 Å². The van der Waals surface area contributed by atoms with Crippen molar-refractivity contribution in [1.82, 2.24) is 19.8 Å². The molecule has 0 aliphatic rings. The minimum atomic E-state index is -3.18. The van der Waals surface area contributed by atoms with Gasteiger partial charge in [0.1, 0.15) is 16.2 Å². The molecule has 0 amide bonds. The highest BCUT2D eigenvalue weighted by Gasteiger charge is 2.18. The predicted octanol–water partition coefficient (Wildman–Crippen LogP) is 1.54. The summed E-state index contributed by atoms with van der Waals surface area (Å²) in [5.74, 6) is 2.96. The zero-order valence-corrected chi connectivity index (χ0v) is 15.6. The molecule has 1 unspecified atom stereocenters. The van der Waals surface area contributed by atoms with E-state index in [9.17, 15) is 9.00 Å². The van der Waals surface area contributed by atoms with Gasteiger partial charge in [0.25, 0.3) is 0 Å². The molecular weight excluding hydrogens is 384 g/mol. The molecule has 0 fully saturated rings. The number of carbonyl (C=O) groups is 1. The lowest BCUT2D eigenvalue weighted by atomic mass is 10.2. The summed E-state index contributed by atoms with van der Waals surface area (Å²) >= 11 is 0. The highest BCUT2D eigenvalue weighted by Crippen LogP contribution is 2.26. The number of rotatable bonds is 7. The van der Waals surface area contributed by atoms with Gasteiger partial charge in [0, 0.05) is 24.0 Å². The minimum Gasteiger partial charge on any atom is -0.462 e. The Bertz CT molecular complexity index is 1170. The molecule has 0 aliphatic heterocycles. The van der Waals surface area contributed by atoms with Gasteiger partial charge in [-0.05, 0) is 31.0 Å². The van der Waals surface area contributed by atoms with Crippen LogP contribution in [0.2, 0.25) is 0 Å². The standard InChI is InChI=1S/C17H16N6O4S/c1-3-26-17(24)13-10-21-16-12(5-7-20-16)15(13)22-27-23-28(2,25)14-8-11(9-18)4-6-19-14/h4-8,10H,2-3H2,1H3,(H,23,25)(H2,20,21,22). The Morgan fingerprint density at radius 3 is 3.00 bits per heavy atom. The lowest BCUT2D eigenvalue weighted by Gasteiger charge is -2.14. The first-order valence-corrected chi connectivity index (χ1v) is 9.74. The van der Waals surface area contributed by atoms with Crippen LogP contribution in [-0.4, -0.2) is 37.6 Å². The smallest absolute Gasteiger partial charge is 0.341 e. The number of aromatic amines is 1. The largest absolute Gasteiger partial charge is 0.462 e. The first-order chi connectivity index (χ1) is 13.5. The van der Waals surface area contributed by atoms with Crippen LogP contribution in [0, 0.1) is 11.3 Å². The Balaban J connectivity index is 1.83. The van der Waals surface area contributed by atoms with Crippen LogP contribution in [0.1, 0.15) is 22.8 Å². The zero-order valence-electron chi connectivity index (χ0n) is 14.8. The third-order valence-electron chi connectivity index (χ3n) is 3.61. The minimum absolute atomic E-state index is 0.0421. The lowest BCUT2D eigenvalue weighted by molar-refractivity contribution is 0.0525. The van der Waals surface area contributed by atoms with Gasteiger partial charge in [0.2, 0.25) is 0 Å². The van der Waals surface area contributed by atoms with Gasteiger partial charge < -0.3 is 9.72 Å². The average molecular weight is 400 g/mol. The van der Waals surface area contributed by atoms with Crippen LogP contribution in [0.3, 0.4) is 0 Å². The summed E-state index contributed by atoms with van der Waals surface area (Å²) in [5.41, 5.74) is 3.75. The summed E-state index contributed by atoms with van der Waals surface area (Å²) in [6.07, 6.45) is 4.33. The van der Waals surface area contributed by atoms with Gasteiger partial charge in [0.15, 0.2) is 0 Å². The molecule has 0 saturated heterocycles. The lowest BCUT2D eigenvalue weighted by Crippen LogP contribution is -2.28. The second kappa shape index (κ2) is 8.05. The maximum absolute atomic E-state index is 12.7. The number of ether oxygens (including phenoxy) is 1. The van der Waals surface area contributed by atoms with E-state index in [1.54, 1.807) is 19.2 Å². The number of H-pyrrole nitrogens is 1. The van der Waals surface area contributed by atoms with Gasteiger partial charge >= 0.3 is 5.97 Å². The van der Waals surface area contributed by atoms with Crippen LogP contribution in [0.15, 0.2) is 41.8 Å². The van der Waals surface area contributed by atoms with Gasteiger partial charge in [0.05, 0.1) is 33.6 Å². The number of esters is 1. The summed E-state index contributed by atoms with van der Waals surface area (Å²) in [6, 6.07) is 6.44. The van der Waals surface area contributed by atoms with Crippen molar-refractivity contribution in [2.75, 3.05) is 12.1 Å². The van der Waals surface area contributed by atoms with Crippen molar-refractivity contribution in [1.29, 1.82) is 5.26 Å². The number of nitrogens with one attached hydrogen (secondary N) is 3. The highest BCUT2D eigenvalue weighted by molar-refractivity contribution is 7.98. The molecule has 3 aromatic heterocycles. The van der Waals surface area contributed by atoms with Crippen molar-refractivity contribution in [2.24, 2.45) is 0 Å². The third kappa shape index (κ3) is 3.94. The molecule has 10 nitrogen and oxygen atoms in total. The number of nitrogens with zero attached hydrogens (tertiary/aromatic N) is 3. The van der Waals surface area contributed by atoms with Gasteiger partial charge in [-0.15, -0.1) is 0 Å². The number of hydrogen-bond donors (Lipinski definition) is 3. The Kier molecular flexibility index (Phi) is 5.55. The molecule has 0 saturated carbocycles. The van der Waals surface area contributed by atoms with E-state index in [4.69, 9.17) is 14.9 Å². The van der Waals surface area contributed by atoms with E-state index in [0.29, 0.717) is 11.0 Å². The number of anilines is 1. The molecule has 0 radical (unpaired) electrons. The molecule has 11 heteroatoms. The fourth-order valence-electron chi connectivity index (χ4n) is 2.32. The van der Waals surface area contributed by atoms with Gasteiger partial charge in [-0.25, -0.2) is 24.5 Å². The number of carbonyl (C=O) groups excluding carboxylic acids is 1. The molecule has 0 aliphatic carbocycles. The van der Waals surface area contributed by atoms with E-state index in [0.717, 1.165) is 0 Å². The molecule has 3 aromatic rings. The quantitative estimate of drug-likeness (QED) is 0.308. The molecule has 1 atom stereocenters. The number of hydrogen-bond acceptors (Lipinski definition) is 8. The Morgan fingerprint density at radius 1 is 1.43 bits per heavy atom. The van der Waals surface area contributed by atoms with E-state index < -0.39 is 15.7 Å². The molecule has 0 aromatic carbocycles. The predicted molar refractivity (Wildman–Crippen MR) is 102 cm³/mol. The van der Waals surface area contributed by atoms with Gasteiger partial charge in [-0.2, -0.15) is 10.2 Å². The van der Waals surface area contributed by atoms with E-state index in [-0.39, 0.29) is 28.4 Å². The van der Waals surface area contributed by atoms with E-state index in [2.05, 4.69) is 31.2 Å². The fourth-order valence-corrected chi connectivity index (χ4v) is 3.13. The van der Waals surface area contributed by atoms with Gasteiger partial charge in [-0.1, -0.05) is 4.89 Å². The van der Waals surface area contributed by atoms with E-state index in [1.165, 1.54) is 24.5 Å². The molecule has 0 spiro atoms. The van der Waals surface area contributed by atoms with Crippen LogP contribution in [0.5, 0.6) is 0 Å². The fraction of sp³-hybridized carbons (Fsp3) is 0.118. The first-order valence-electron chi connectivity index (χ1n) is 8.01. The molecule has 144 valence electrons. The summed E-state index contributed by atoms with van der Waals surface area (Å²) in [6.45, 7) is 1.88. The Hall–Kier alpha value is -3.46. The van der Waals surface area contributed by atoms with Crippen LogP contribution in [0.4, 0.5) is 5.69 Å². The van der Waals surface area contributed by atoms with Gasteiger partial charge in [-0.3, -0.25) is 0 Å². The van der Waals surface area contributed by atoms with Crippen LogP contribution >= 0.6 is 0 Å². The summed E-state index contributed by atoms with van der Waals surface area (Å²) in [7, 11) is -3.18. The third-order valence-corrected chi connectivity index (χ3v) is 4.86. The maximum atomic E-state index is 12.7. The zero-order chi connectivity index (χ0) is 20.1. The number of pyridine rings is 2. The summed E-state index contributed by atoms with van der Waals surface area (Å²) in [5, 5.41) is 9.56. The normalized spacial score (nSPS) is 12.9. The average Bonchev–Trinajstić information content (AvgIpc) is 3.17. The van der Waals surface area contributed by atoms with Crippen molar-refractivity contribution in [3.63, 3.8) is 0 Å². The Labute approximate surface area is 160 Å². The number of aromatic nitrogens is 3. The SMILES string of the molecule is C=S(=O)(NONc1c(C(=O)OCC)cnc2[nH]ccc12)c1cc(C#N)ccn1. The van der Waals surface area contributed by atoms with E-state index in [1.807, 2.05) is 6.07 Å². The summed E-state index contributed by atoms with van der Waals surface area (Å²) < 4.78 is 17.7. The first kappa shape index (κ1) is 19.3. The molecular formula is C17H16N6O4S. The molecule has 3 N–H and O–H groups in total. The highest BCUT2D eigenvalue weighted by atomic mass is 32.2. The number of fused-ring (bicyclic) bond motifs is 1. The Morgan fingerprint density at radius 2 is 2.25 bits per heavy atom. The van der Waals surface area contributed by atoms with Crippen molar-refractivity contribution in [3.05, 3.63) is 47.9 Å². The monoisotopic (exact) mass is 400 g/mol. The van der Waals surface area contributed by atoms with Crippen LogP contribution in [0.25, 0.3) is 11.0 Å². The van der Waals surface area contributed by atoms with Crippen LogP contribution < -0.4 is 10.4 Å². The second-order valence-electron chi connectivity index (χ2n) is 5.46. The van der Waals surface area contributed by atoms with Crippen molar-refractivity contribution in [2.45, 2.75) is 11.9 Å². The maximum Gasteiger partial charge on any atom is 0.341 e. The van der Waals surface area contributed by atoms with Crippen molar-refractivity contribution < 1.29 is 18.7 Å².